The van der Waals surface area contributed by atoms with Crippen LogP contribution >= 0.6 is 11.8 Å². The van der Waals surface area contributed by atoms with Gasteiger partial charge in [-0.15, -0.1) is 6.42 Å². The van der Waals surface area contributed by atoms with E-state index in [0.29, 0.717) is 5.25 Å². The summed E-state index contributed by atoms with van der Waals surface area (Å²) < 4.78 is 0. The van der Waals surface area contributed by atoms with E-state index in [1.807, 2.05) is 11.8 Å². The molecule has 1 fully saturated rings. The molecule has 5 nitrogen and oxygen atoms in total. The number of hydrogen-bond acceptors (Lipinski definition) is 3. The fourth-order valence-electron chi connectivity index (χ4n) is 2.20. The molecular formula is C13H20N2O3S. The summed E-state index contributed by atoms with van der Waals surface area (Å²) >= 11 is 1.91. The summed E-state index contributed by atoms with van der Waals surface area (Å²) in [6.45, 7) is 1.77. The van der Waals surface area contributed by atoms with E-state index in [4.69, 9.17) is 11.5 Å². The smallest absolute Gasteiger partial charge is 0.323 e. The molecule has 0 spiro atoms. The van der Waals surface area contributed by atoms with Gasteiger partial charge in [0.15, 0.2) is 0 Å². The number of nitrogens with zero attached hydrogens (tertiary/aromatic N) is 1. The average Bonchev–Trinajstić information content (AvgIpc) is 2.76. The molecule has 19 heavy (non-hydrogen) atoms. The lowest BCUT2D eigenvalue weighted by molar-refractivity contribution is -0.137. The van der Waals surface area contributed by atoms with Crippen LogP contribution in [0.1, 0.15) is 26.2 Å². The lowest BCUT2D eigenvalue weighted by atomic mass is 10.2. The molecule has 2 unspecified atom stereocenters. The normalized spacial score (nSPS) is 21.7. The van der Waals surface area contributed by atoms with Crippen molar-refractivity contribution in [2.24, 2.45) is 0 Å². The summed E-state index contributed by atoms with van der Waals surface area (Å²) in [7, 11) is 0. The second kappa shape index (κ2) is 7.95. The maximum absolute atomic E-state index is 11.9. The molecule has 1 aliphatic rings. The van der Waals surface area contributed by atoms with Crippen molar-refractivity contribution in [3.8, 4) is 12.3 Å². The number of nitrogens with one attached hydrogen (secondary N) is 1. The number of carboxylic acids is 1. The van der Waals surface area contributed by atoms with Gasteiger partial charge in [-0.1, -0.05) is 12.8 Å². The van der Waals surface area contributed by atoms with Crippen molar-refractivity contribution in [2.75, 3.05) is 18.8 Å². The summed E-state index contributed by atoms with van der Waals surface area (Å²) in [5.41, 5.74) is 0. The zero-order chi connectivity index (χ0) is 14.3. The molecule has 1 aliphatic carbocycles. The van der Waals surface area contributed by atoms with Crippen LogP contribution < -0.4 is 5.32 Å². The van der Waals surface area contributed by atoms with Gasteiger partial charge in [-0.2, -0.15) is 11.8 Å². The average molecular weight is 284 g/mol. The first-order valence-corrected chi connectivity index (χ1v) is 7.44. The van der Waals surface area contributed by atoms with Crippen LogP contribution in [0.2, 0.25) is 0 Å². The number of carboxylic acid groups (broad SMARTS) is 1. The maximum Gasteiger partial charge on any atom is 0.323 e. The highest BCUT2D eigenvalue weighted by atomic mass is 32.2. The summed E-state index contributed by atoms with van der Waals surface area (Å²) in [5, 5.41) is 12.2. The van der Waals surface area contributed by atoms with Gasteiger partial charge in [0.05, 0.1) is 6.54 Å². The maximum atomic E-state index is 11.9. The van der Waals surface area contributed by atoms with Gasteiger partial charge in [0.25, 0.3) is 0 Å². The Morgan fingerprint density at radius 2 is 2.26 bits per heavy atom. The molecule has 1 saturated carbocycles. The molecule has 0 heterocycles. The van der Waals surface area contributed by atoms with E-state index < -0.39 is 5.97 Å². The third kappa shape index (κ3) is 5.43. The third-order valence-corrected chi connectivity index (χ3v) is 4.24. The van der Waals surface area contributed by atoms with E-state index in [1.165, 1.54) is 0 Å². The van der Waals surface area contributed by atoms with Gasteiger partial charge < -0.3 is 15.3 Å². The molecule has 0 aromatic heterocycles. The van der Waals surface area contributed by atoms with Crippen LogP contribution in [-0.4, -0.2) is 52.1 Å². The fourth-order valence-corrected chi connectivity index (χ4v) is 3.34. The zero-order valence-corrected chi connectivity index (χ0v) is 11.9. The quantitative estimate of drug-likeness (QED) is 0.723. The van der Waals surface area contributed by atoms with Gasteiger partial charge in [-0.3, -0.25) is 4.79 Å². The minimum absolute atomic E-state index is 0.0119. The predicted octanol–water partition coefficient (Wildman–Crippen LogP) is 1.39. The topological polar surface area (TPSA) is 69.6 Å². The van der Waals surface area contributed by atoms with Gasteiger partial charge in [-0.25, -0.2) is 4.79 Å². The Morgan fingerprint density at radius 3 is 2.84 bits per heavy atom. The van der Waals surface area contributed by atoms with E-state index in [0.717, 1.165) is 29.9 Å². The van der Waals surface area contributed by atoms with Crippen LogP contribution in [0.25, 0.3) is 0 Å². The van der Waals surface area contributed by atoms with E-state index >= 15 is 0 Å². The molecular weight excluding hydrogens is 264 g/mol. The third-order valence-electron chi connectivity index (χ3n) is 3.01. The van der Waals surface area contributed by atoms with Crippen molar-refractivity contribution in [3.63, 3.8) is 0 Å². The Balaban J connectivity index is 2.44. The fraction of sp³-hybridized carbons (Fsp3) is 0.692. The Kier molecular flexibility index (Phi) is 6.57. The molecule has 0 bridgehead atoms. The van der Waals surface area contributed by atoms with Crippen LogP contribution in [-0.2, 0) is 4.79 Å². The highest BCUT2D eigenvalue weighted by Crippen LogP contribution is 2.29. The highest BCUT2D eigenvalue weighted by Gasteiger charge is 2.27. The molecule has 2 atom stereocenters. The van der Waals surface area contributed by atoms with Crippen molar-refractivity contribution in [1.82, 2.24) is 10.2 Å². The van der Waals surface area contributed by atoms with Gasteiger partial charge in [0.1, 0.15) is 6.54 Å². The number of hydrogen-bond donors (Lipinski definition) is 2. The summed E-state index contributed by atoms with van der Waals surface area (Å²) in [6, 6.07) is -0.252. The predicted molar refractivity (Wildman–Crippen MR) is 76.1 cm³/mol. The van der Waals surface area contributed by atoms with Crippen molar-refractivity contribution < 1.29 is 14.7 Å². The largest absolute Gasteiger partial charge is 0.480 e. The lowest BCUT2D eigenvalue weighted by Crippen LogP contribution is -2.46. The van der Waals surface area contributed by atoms with E-state index in [2.05, 4.69) is 18.2 Å². The van der Waals surface area contributed by atoms with Gasteiger partial charge in [0, 0.05) is 11.3 Å². The number of rotatable bonds is 6. The monoisotopic (exact) mass is 284 g/mol. The first-order valence-electron chi connectivity index (χ1n) is 6.39. The molecule has 6 heteroatoms. The molecule has 2 N–H and O–H groups in total. The Hall–Kier alpha value is -1.35. The number of thioether (sulfide) groups is 1. The first kappa shape index (κ1) is 15.7. The Bertz CT molecular complexity index is 367. The second-order valence-electron chi connectivity index (χ2n) is 4.49. The van der Waals surface area contributed by atoms with Gasteiger partial charge in [-0.05, 0) is 25.0 Å². The molecule has 106 valence electrons. The second-order valence-corrected chi connectivity index (χ2v) is 6.07. The summed E-state index contributed by atoms with van der Waals surface area (Å²) in [6.07, 6.45) is 8.13. The summed E-state index contributed by atoms with van der Waals surface area (Å²) in [5.74, 6) is 2.32. The number of carbonyl (C=O) groups excluding carboxylic acids is 1. The minimum Gasteiger partial charge on any atom is -0.480 e. The van der Waals surface area contributed by atoms with Crippen molar-refractivity contribution in [3.05, 3.63) is 0 Å². The standard InChI is InChI=1S/C13H20N2O3S/c1-3-7-15(9-12(16)17)13(18)14-10-5-6-11(8-10)19-4-2/h1,10-11H,4-9H2,2H3,(H,14,18)(H,16,17). The molecule has 0 aromatic carbocycles. The number of carbonyl (C=O) groups is 2. The Labute approximate surface area is 118 Å². The molecule has 0 aromatic rings. The Morgan fingerprint density at radius 1 is 1.53 bits per heavy atom. The van der Waals surface area contributed by atoms with Crippen molar-refractivity contribution in [2.45, 2.75) is 37.5 Å². The van der Waals surface area contributed by atoms with E-state index in [1.54, 1.807) is 0 Å². The molecule has 1 rings (SSSR count). The minimum atomic E-state index is -1.06. The number of aliphatic carboxylic acids is 1. The zero-order valence-electron chi connectivity index (χ0n) is 11.1. The number of amides is 2. The number of terminal acetylenes is 1. The molecule has 0 saturated heterocycles. The van der Waals surface area contributed by atoms with E-state index in [-0.39, 0.29) is 25.2 Å². The first-order chi connectivity index (χ1) is 9.06. The van der Waals surface area contributed by atoms with Crippen LogP contribution in [0.15, 0.2) is 0 Å². The summed E-state index contributed by atoms with van der Waals surface area (Å²) in [4.78, 5) is 23.7. The van der Waals surface area contributed by atoms with Crippen LogP contribution in [0, 0.1) is 12.3 Å². The SMILES string of the molecule is C#CCN(CC(=O)O)C(=O)NC1CCC(SCC)C1. The molecule has 0 aliphatic heterocycles. The molecule has 0 radical (unpaired) electrons. The lowest BCUT2D eigenvalue weighted by Gasteiger charge is -2.21. The van der Waals surface area contributed by atoms with E-state index in [9.17, 15) is 9.59 Å². The highest BCUT2D eigenvalue weighted by molar-refractivity contribution is 7.99. The van der Waals surface area contributed by atoms with Crippen LogP contribution in [0.5, 0.6) is 0 Å². The van der Waals surface area contributed by atoms with Crippen LogP contribution in [0.4, 0.5) is 4.79 Å². The molecule has 2 amide bonds. The number of urea groups is 1. The van der Waals surface area contributed by atoms with Crippen LogP contribution in [0.3, 0.4) is 0 Å². The van der Waals surface area contributed by atoms with Crippen molar-refractivity contribution >= 4 is 23.8 Å². The van der Waals surface area contributed by atoms with Gasteiger partial charge >= 0.3 is 12.0 Å². The van der Waals surface area contributed by atoms with Gasteiger partial charge in [0.2, 0.25) is 0 Å². The van der Waals surface area contributed by atoms with Crippen molar-refractivity contribution in [1.29, 1.82) is 0 Å².